The number of rotatable bonds is 5. The van der Waals surface area contributed by atoms with Crippen LogP contribution in [0.1, 0.15) is 47.8 Å². The van der Waals surface area contributed by atoms with E-state index in [1.165, 1.54) is 0 Å². The third kappa shape index (κ3) is 4.72. The van der Waals surface area contributed by atoms with Crippen LogP contribution in [0.2, 0.25) is 0 Å². The minimum Gasteiger partial charge on any atom is -0.338 e. The zero-order valence-corrected chi connectivity index (χ0v) is 16.6. The predicted molar refractivity (Wildman–Crippen MR) is 110 cm³/mol. The number of nitrogens with zero attached hydrogens (tertiary/aromatic N) is 3. The van der Waals surface area contributed by atoms with Gasteiger partial charge in [0.25, 0.3) is 5.91 Å². The molecule has 0 bridgehead atoms. The molecule has 2 saturated heterocycles. The summed E-state index contributed by atoms with van der Waals surface area (Å²) in [5.41, 5.74) is 2.22. The number of hydrogen-bond donors (Lipinski definition) is 2. The van der Waals surface area contributed by atoms with Gasteiger partial charge in [-0.1, -0.05) is 12.1 Å². The monoisotopic (exact) mass is 403 g/mol. The van der Waals surface area contributed by atoms with E-state index in [4.69, 9.17) is 0 Å². The van der Waals surface area contributed by atoms with E-state index in [0.717, 1.165) is 50.1 Å². The number of likely N-dealkylation sites (tertiary alicyclic amines) is 1. The van der Waals surface area contributed by atoms with Gasteiger partial charge in [-0.25, -0.2) is 0 Å². The van der Waals surface area contributed by atoms with Gasteiger partial charge in [0.15, 0.2) is 5.69 Å². The molecule has 0 spiro atoms. The average Bonchev–Trinajstić information content (AvgIpc) is 3.34. The molecule has 150 valence electrons. The van der Waals surface area contributed by atoms with E-state index in [1.54, 1.807) is 6.07 Å². The molecule has 0 radical (unpaired) electrons. The molecule has 2 fully saturated rings. The largest absolute Gasteiger partial charge is 0.338 e. The first kappa shape index (κ1) is 20.4. The molecule has 1 unspecified atom stereocenters. The summed E-state index contributed by atoms with van der Waals surface area (Å²) < 4.78 is 1.89. The first-order chi connectivity index (χ1) is 13.2. The molecule has 0 aliphatic carbocycles. The lowest BCUT2D eigenvalue weighted by Gasteiger charge is -2.22. The van der Waals surface area contributed by atoms with E-state index in [-0.39, 0.29) is 24.2 Å². The molecule has 1 aromatic carbocycles. The Hall–Kier alpha value is -2.38. The molecule has 3 heterocycles. The Bertz CT molecular complexity index is 814. The van der Waals surface area contributed by atoms with E-state index in [9.17, 15) is 9.59 Å². The van der Waals surface area contributed by atoms with Crippen molar-refractivity contribution in [2.24, 2.45) is 0 Å². The zero-order chi connectivity index (χ0) is 18.6. The third-order valence-corrected chi connectivity index (χ3v) is 5.24. The first-order valence-electron chi connectivity index (χ1n) is 9.63. The number of aromatic nitrogens is 2. The quantitative estimate of drug-likeness (QED) is 0.804. The van der Waals surface area contributed by atoms with Crippen LogP contribution in [0.15, 0.2) is 36.5 Å². The van der Waals surface area contributed by atoms with Gasteiger partial charge in [-0.2, -0.15) is 5.10 Å². The van der Waals surface area contributed by atoms with Gasteiger partial charge in [0, 0.05) is 37.9 Å². The Morgan fingerprint density at radius 1 is 1.21 bits per heavy atom. The molecule has 7 nitrogen and oxygen atoms in total. The number of piperidine rings is 1. The second kappa shape index (κ2) is 9.21. The highest BCUT2D eigenvalue weighted by molar-refractivity contribution is 6.02. The minimum atomic E-state index is -0.208. The van der Waals surface area contributed by atoms with Gasteiger partial charge in [-0.15, -0.1) is 12.4 Å². The van der Waals surface area contributed by atoms with E-state index < -0.39 is 0 Å². The molecule has 4 rings (SSSR count). The topological polar surface area (TPSA) is 79.3 Å². The Labute approximate surface area is 170 Å². The highest BCUT2D eigenvalue weighted by atomic mass is 35.5. The molecule has 1 atom stereocenters. The molecule has 28 heavy (non-hydrogen) atoms. The van der Waals surface area contributed by atoms with Crippen molar-refractivity contribution in [2.75, 3.05) is 25.0 Å². The van der Waals surface area contributed by atoms with Gasteiger partial charge in [-0.3, -0.25) is 14.3 Å². The Kier molecular flexibility index (Phi) is 6.70. The number of halogens is 1. The molecule has 0 saturated carbocycles. The predicted octanol–water partition coefficient (Wildman–Crippen LogP) is 2.60. The molecule has 2 aromatic rings. The molecule has 2 N–H and O–H groups in total. The van der Waals surface area contributed by atoms with Crippen LogP contribution in [-0.2, 0) is 11.3 Å². The lowest BCUT2D eigenvalue weighted by Crippen LogP contribution is -2.32. The van der Waals surface area contributed by atoms with Gasteiger partial charge in [-0.05, 0) is 49.6 Å². The Morgan fingerprint density at radius 2 is 2.04 bits per heavy atom. The Balaban J connectivity index is 0.00000225. The lowest BCUT2D eigenvalue weighted by atomic mass is 10.1. The maximum Gasteiger partial charge on any atom is 0.276 e. The van der Waals surface area contributed by atoms with Crippen LogP contribution < -0.4 is 10.6 Å². The van der Waals surface area contributed by atoms with Crippen molar-refractivity contribution in [3.8, 4) is 0 Å². The minimum absolute atomic E-state index is 0. The number of carbonyl (C=O) groups excluding carboxylic acids is 2. The molecule has 2 aliphatic heterocycles. The van der Waals surface area contributed by atoms with Crippen molar-refractivity contribution >= 4 is 29.9 Å². The van der Waals surface area contributed by atoms with E-state index in [0.29, 0.717) is 24.7 Å². The molecular formula is C20H26ClN5O2. The molecule has 2 amide bonds. The number of carbonyl (C=O) groups is 2. The summed E-state index contributed by atoms with van der Waals surface area (Å²) in [4.78, 5) is 26.1. The van der Waals surface area contributed by atoms with Gasteiger partial charge in [0.2, 0.25) is 5.91 Å². The van der Waals surface area contributed by atoms with E-state index in [2.05, 4.69) is 15.7 Å². The highest BCUT2D eigenvalue weighted by Crippen LogP contribution is 2.18. The number of amides is 2. The van der Waals surface area contributed by atoms with Crippen LogP contribution in [0.25, 0.3) is 0 Å². The van der Waals surface area contributed by atoms with Crippen LogP contribution >= 0.6 is 12.4 Å². The summed E-state index contributed by atoms with van der Waals surface area (Å²) in [6, 6.07) is 9.72. The summed E-state index contributed by atoms with van der Waals surface area (Å²) >= 11 is 0. The standard InChI is InChI=1S/C20H25N5O2.ClH/c26-19-4-2-11-24(19)14-15-5-7-16(8-6-15)22-20(27)18-9-12-25(23-18)17-3-1-10-21-13-17;/h5-9,12,17,21H,1-4,10-11,13-14H2,(H,22,27);1H. The maximum atomic E-state index is 12.5. The SMILES string of the molecule is Cl.O=C(Nc1ccc(CN2CCCC2=O)cc1)c1ccn(C2CCCNC2)n1. The van der Waals surface area contributed by atoms with E-state index >= 15 is 0 Å². The third-order valence-electron chi connectivity index (χ3n) is 5.24. The highest BCUT2D eigenvalue weighted by Gasteiger charge is 2.20. The first-order valence-corrected chi connectivity index (χ1v) is 9.63. The average molecular weight is 404 g/mol. The molecule has 8 heteroatoms. The molecule has 1 aromatic heterocycles. The second-order valence-electron chi connectivity index (χ2n) is 7.25. The number of benzene rings is 1. The fourth-order valence-corrected chi connectivity index (χ4v) is 3.70. The lowest BCUT2D eigenvalue weighted by molar-refractivity contribution is -0.128. The van der Waals surface area contributed by atoms with Crippen LogP contribution in [-0.4, -0.2) is 46.1 Å². The molecular weight excluding hydrogens is 378 g/mol. The molecule has 2 aliphatic rings. The fourth-order valence-electron chi connectivity index (χ4n) is 3.70. The Morgan fingerprint density at radius 3 is 2.71 bits per heavy atom. The summed E-state index contributed by atoms with van der Waals surface area (Å²) in [5.74, 6) is 0.0103. The van der Waals surface area contributed by atoms with Crippen molar-refractivity contribution in [2.45, 2.75) is 38.3 Å². The summed E-state index contributed by atoms with van der Waals surface area (Å²) in [7, 11) is 0. The van der Waals surface area contributed by atoms with Gasteiger partial charge < -0.3 is 15.5 Å². The van der Waals surface area contributed by atoms with Crippen molar-refractivity contribution in [1.82, 2.24) is 20.0 Å². The van der Waals surface area contributed by atoms with Gasteiger partial charge >= 0.3 is 0 Å². The van der Waals surface area contributed by atoms with Gasteiger partial charge in [0.1, 0.15) is 0 Å². The van der Waals surface area contributed by atoms with Crippen LogP contribution in [0.4, 0.5) is 5.69 Å². The normalized spacial score (nSPS) is 19.4. The van der Waals surface area contributed by atoms with E-state index in [1.807, 2.05) is 40.0 Å². The van der Waals surface area contributed by atoms with Gasteiger partial charge in [0.05, 0.1) is 6.04 Å². The number of nitrogens with one attached hydrogen (secondary N) is 2. The van der Waals surface area contributed by atoms with Crippen molar-refractivity contribution in [3.05, 3.63) is 47.8 Å². The summed E-state index contributed by atoms with van der Waals surface area (Å²) in [5, 5.41) is 10.7. The van der Waals surface area contributed by atoms with Crippen molar-refractivity contribution in [1.29, 1.82) is 0 Å². The maximum absolute atomic E-state index is 12.5. The van der Waals surface area contributed by atoms with Crippen molar-refractivity contribution < 1.29 is 9.59 Å². The zero-order valence-electron chi connectivity index (χ0n) is 15.8. The number of anilines is 1. The van der Waals surface area contributed by atoms with Crippen molar-refractivity contribution in [3.63, 3.8) is 0 Å². The summed E-state index contributed by atoms with van der Waals surface area (Å²) in [6.07, 6.45) is 5.68. The van der Waals surface area contributed by atoms with Crippen LogP contribution in [0, 0.1) is 0 Å². The van der Waals surface area contributed by atoms with Crippen LogP contribution in [0.3, 0.4) is 0 Å². The fraction of sp³-hybridized carbons (Fsp3) is 0.450. The van der Waals surface area contributed by atoms with Crippen LogP contribution in [0.5, 0.6) is 0 Å². The smallest absolute Gasteiger partial charge is 0.276 e. The number of hydrogen-bond acceptors (Lipinski definition) is 4. The second-order valence-corrected chi connectivity index (χ2v) is 7.25. The summed E-state index contributed by atoms with van der Waals surface area (Å²) in [6.45, 7) is 3.40.